The maximum absolute atomic E-state index is 14.0. The van der Waals surface area contributed by atoms with E-state index in [9.17, 15) is 17.6 Å². The second-order valence-corrected chi connectivity index (χ2v) is 7.07. The van der Waals surface area contributed by atoms with Gasteiger partial charge in [-0.05, 0) is 56.7 Å². The molecule has 1 saturated heterocycles. The van der Waals surface area contributed by atoms with Gasteiger partial charge in [-0.25, -0.2) is 4.39 Å². The molecule has 0 radical (unpaired) electrons. The average Bonchev–Trinajstić information content (AvgIpc) is 2.86. The van der Waals surface area contributed by atoms with Crippen molar-refractivity contribution in [3.05, 3.63) is 30.2 Å². The van der Waals surface area contributed by atoms with E-state index in [0.717, 1.165) is 10.6 Å². The Bertz CT molecular complexity index is 766. The van der Waals surface area contributed by atoms with Crippen molar-refractivity contribution < 1.29 is 26.9 Å². The van der Waals surface area contributed by atoms with E-state index in [1.54, 1.807) is 0 Å². The summed E-state index contributed by atoms with van der Waals surface area (Å²) in [5.74, 6) is -0.630. The predicted octanol–water partition coefficient (Wildman–Crippen LogP) is 3.64. The SMILES string of the molecule is CC1(C)OB(c2cc(F)cc3c2ccn3CC(F)(F)F)OC1(C)C. The van der Waals surface area contributed by atoms with Crippen LogP contribution in [0.15, 0.2) is 24.4 Å². The summed E-state index contributed by atoms with van der Waals surface area (Å²) < 4.78 is 64.9. The van der Waals surface area contributed by atoms with Crippen LogP contribution in [0.1, 0.15) is 27.7 Å². The first-order valence-corrected chi connectivity index (χ1v) is 7.60. The van der Waals surface area contributed by atoms with Crippen LogP contribution in [-0.4, -0.2) is 29.1 Å². The number of hydrogen-bond donors (Lipinski definition) is 0. The van der Waals surface area contributed by atoms with Crippen LogP contribution in [0.4, 0.5) is 17.6 Å². The van der Waals surface area contributed by atoms with Crippen molar-refractivity contribution in [1.29, 1.82) is 0 Å². The van der Waals surface area contributed by atoms with Crippen molar-refractivity contribution in [2.24, 2.45) is 0 Å². The molecule has 2 heterocycles. The molecule has 1 aliphatic heterocycles. The molecule has 1 aromatic heterocycles. The minimum atomic E-state index is -4.39. The number of fused-ring (bicyclic) bond motifs is 1. The topological polar surface area (TPSA) is 23.4 Å². The van der Waals surface area contributed by atoms with Crippen molar-refractivity contribution in [3.8, 4) is 0 Å². The lowest BCUT2D eigenvalue weighted by Crippen LogP contribution is -2.41. The normalized spacial score (nSPS) is 20.1. The van der Waals surface area contributed by atoms with E-state index in [2.05, 4.69) is 0 Å². The maximum atomic E-state index is 14.0. The third-order valence-corrected chi connectivity index (χ3v) is 4.74. The molecule has 130 valence electrons. The molecule has 0 N–H and O–H groups in total. The fourth-order valence-corrected chi connectivity index (χ4v) is 2.78. The highest BCUT2D eigenvalue weighted by Gasteiger charge is 2.52. The van der Waals surface area contributed by atoms with Crippen LogP contribution < -0.4 is 5.46 Å². The lowest BCUT2D eigenvalue weighted by Gasteiger charge is -2.32. The van der Waals surface area contributed by atoms with Gasteiger partial charge in [0.15, 0.2) is 0 Å². The lowest BCUT2D eigenvalue weighted by atomic mass is 9.77. The predicted molar refractivity (Wildman–Crippen MR) is 83.7 cm³/mol. The summed E-state index contributed by atoms with van der Waals surface area (Å²) in [5.41, 5.74) is -0.683. The van der Waals surface area contributed by atoms with Crippen molar-refractivity contribution in [3.63, 3.8) is 0 Å². The molecule has 0 saturated carbocycles. The van der Waals surface area contributed by atoms with Crippen molar-refractivity contribution in [2.45, 2.75) is 51.6 Å². The van der Waals surface area contributed by atoms with Crippen molar-refractivity contribution in [2.75, 3.05) is 0 Å². The molecule has 0 amide bonds. The molecular weight excluding hydrogens is 325 g/mol. The number of hydrogen-bond acceptors (Lipinski definition) is 2. The van der Waals surface area contributed by atoms with Crippen LogP contribution in [0.3, 0.4) is 0 Å². The fourth-order valence-electron chi connectivity index (χ4n) is 2.78. The summed E-state index contributed by atoms with van der Waals surface area (Å²) in [6.45, 7) is 6.26. The second kappa shape index (κ2) is 5.23. The summed E-state index contributed by atoms with van der Waals surface area (Å²) in [6, 6.07) is 3.87. The van der Waals surface area contributed by atoms with Gasteiger partial charge in [-0.15, -0.1) is 0 Å². The van der Waals surface area contributed by atoms with Gasteiger partial charge in [0.25, 0.3) is 0 Å². The number of halogens is 4. The highest BCUT2D eigenvalue weighted by molar-refractivity contribution is 6.65. The number of benzene rings is 1. The number of nitrogens with zero attached hydrogens (tertiary/aromatic N) is 1. The molecule has 24 heavy (non-hydrogen) atoms. The van der Waals surface area contributed by atoms with E-state index in [1.807, 2.05) is 27.7 Å². The van der Waals surface area contributed by atoms with Gasteiger partial charge < -0.3 is 13.9 Å². The Hall–Kier alpha value is -1.54. The van der Waals surface area contributed by atoms with Gasteiger partial charge in [-0.3, -0.25) is 0 Å². The molecule has 0 unspecified atom stereocenters. The van der Waals surface area contributed by atoms with Gasteiger partial charge in [-0.2, -0.15) is 13.2 Å². The van der Waals surface area contributed by atoms with E-state index >= 15 is 0 Å². The Morgan fingerprint density at radius 3 is 2.21 bits per heavy atom. The molecule has 0 bridgehead atoms. The lowest BCUT2D eigenvalue weighted by molar-refractivity contribution is -0.139. The maximum Gasteiger partial charge on any atom is 0.495 e. The van der Waals surface area contributed by atoms with E-state index in [0.29, 0.717) is 10.8 Å². The number of alkyl halides is 3. The van der Waals surface area contributed by atoms with E-state index in [1.165, 1.54) is 18.3 Å². The summed E-state index contributed by atoms with van der Waals surface area (Å²) in [5, 5.41) is 0.485. The van der Waals surface area contributed by atoms with Crippen LogP contribution in [-0.2, 0) is 15.9 Å². The van der Waals surface area contributed by atoms with Gasteiger partial charge >= 0.3 is 13.3 Å². The van der Waals surface area contributed by atoms with Gasteiger partial charge in [0.1, 0.15) is 12.4 Å². The molecule has 1 fully saturated rings. The minimum Gasteiger partial charge on any atom is -0.399 e. The number of aromatic nitrogens is 1. The van der Waals surface area contributed by atoms with Crippen LogP contribution in [0.25, 0.3) is 10.9 Å². The van der Waals surface area contributed by atoms with Crippen LogP contribution in [0, 0.1) is 5.82 Å². The Labute approximate surface area is 137 Å². The van der Waals surface area contributed by atoms with Crippen LogP contribution in [0.5, 0.6) is 0 Å². The van der Waals surface area contributed by atoms with Gasteiger partial charge in [0.05, 0.1) is 16.7 Å². The third-order valence-electron chi connectivity index (χ3n) is 4.74. The fraction of sp³-hybridized carbons (Fsp3) is 0.500. The standard InChI is InChI=1S/C16H18BF4NO2/c1-14(2)15(3,4)24-17(23-14)12-7-10(18)8-13-11(12)5-6-22(13)9-16(19,20)21/h5-8H,9H2,1-4H3. The van der Waals surface area contributed by atoms with E-state index < -0.39 is 36.9 Å². The Balaban J connectivity index is 2.07. The molecular formula is C16H18BF4NO2. The quantitative estimate of drug-likeness (QED) is 0.614. The molecule has 2 aromatic rings. The summed E-state index contributed by atoms with van der Waals surface area (Å²) >= 11 is 0. The first kappa shape index (κ1) is 17.3. The zero-order chi connectivity index (χ0) is 17.9. The summed E-state index contributed by atoms with van der Waals surface area (Å²) in [6.07, 6.45) is -3.09. The minimum absolute atomic E-state index is 0.164. The van der Waals surface area contributed by atoms with Crippen molar-refractivity contribution >= 4 is 23.5 Å². The molecule has 0 atom stereocenters. The Kier molecular flexibility index (Phi) is 3.77. The highest BCUT2D eigenvalue weighted by Crippen LogP contribution is 2.37. The molecule has 1 aliphatic rings. The van der Waals surface area contributed by atoms with Gasteiger partial charge in [-0.1, -0.05) is 0 Å². The first-order chi connectivity index (χ1) is 10.9. The molecule has 0 aliphatic carbocycles. The monoisotopic (exact) mass is 343 g/mol. The van der Waals surface area contributed by atoms with E-state index in [-0.39, 0.29) is 5.52 Å². The molecule has 0 spiro atoms. The zero-order valence-electron chi connectivity index (χ0n) is 13.9. The van der Waals surface area contributed by atoms with Gasteiger partial charge in [0.2, 0.25) is 0 Å². The smallest absolute Gasteiger partial charge is 0.399 e. The Morgan fingerprint density at radius 1 is 1.08 bits per heavy atom. The third kappa shape index (κ3) is 2.93. The largest absolute Gasteiger partial charge is 0.495 e. The molecule has 8 heteroatoms. The first-order valence-electron chi connectivity index (χ1n) is 7.60. The molecule has 1 aromatic carbocycles. The van der Waals surface area contributed by atoms with Crippen LogP contribution >= 0.6 is 0 Å². The zero-order valence-corrected chi connectivity index (χ0v) is 13.9. The molecule has 3 nitrogen and oxygen atoms in total. The Morgan fingerprint density at radius 2 is 1.67 bits per heavy atom. The summed E-state index contributed by atoms with van der Waals surface area (Å²) in [4.78, 5) is 0. The summed E-state index contributed by atoms with van der Waals surface area (Å²) in [7, 11) is -0.838. The second-order valence-electron chi connectivity index (χ2n) is 7.07. The van der Waals surface area contributed by atoms with Crippen molar-refractivity contribution in [1.82, 2.24) is 4.57 Å². The van der Waals surface area contributed by atoms with Crippen LogP contribution in [0.2, 0.25) is 0 Å². The molecule has 3 rings (SSSR count). The van der Waals surface area contributed by atoms with E-state index in [4.69, 9.17) is 9.31 Å². The highest BCUT2D eigenvalue weighted by atomic mass is 19.4. The average molecular weight is 343 g/mol. The van der Waals surface area contributed by atoms with Gasteiger partial charge in [0, 0.05) is 6.20 Å². The number of rotatable bonds is 2.